The second kappa shape index (κ2) is 7.63. The number of rotatable bonds is 5. The molecule has 0 heterocycles. The Morgan fingerprint density at radius 1 is 1.11 bits per heavy atom. The highest BCUT2D eigenvalue weighted by atomic mass is 16.2. The summed E-state index contributed by atoms with van der Waals surface area (Å²) < 4.78 is 0. The number of carbonyl (C=O) groups is 2. The molecule has 1 fully saturated rings. The molecule has 1 unspecified atom stereocenters. The molecule has 5 nitrogen and oxygen atoms in total. The maximum Gasteiger partial charge on any atom is 0.251 e. The summed E-state index contributed by atoms with van der Waals surface area (Å²) in [5.74, 6) is -0.914. The lowest BCUT2D eigenvalue weighted by atomic mass is 9.80. The quantitative estimate of drug-likeness (QED) is 0.855. The Morgan fingerprint density at radius 3 is 2.37 bits per heavy atom. The van der Waals surface area contributed by atoms with Crippen molar-refractivity contribution in [1.82, 2.24) is 5.32 Å². The van der Waals surface area contributed by atoms with Crippen LogP contribution >= 0.6 is 0 Å². The maximum absolute atomic E-state index is 12.3. The van der Waals surface area contributed by atoms with Gasteiger partial charge in [-0.2, -0.15) is 5.26 Å². The van der Waals surface area contributed by atoms with Gasteiger partial charge in [0, 0.05) is 5.56 Å². The third-order valence-corrected chi connectivity index (χ3v) is 5.34. The number of hydrogen-bond donors (Lipinski definition) is 2. The number of hydrogen-bond acceptors (Lipinski definition) is 3. The molecule has 138 valence electrons. The van der Waals surface area contributed by atoms with Gasteiger partial charge in [-0.1, -0.05) is 49.2 Å². The Morgan fingerprint density at radius 2 is 1.78 bits per heavy atom. The van der Waals surface area contributed by atoms with Crippen LogP contribution in [0.2, 0.25) is 0 Å². The Kier molecular flexibility index (Phi) is 5.27. The van der Waals surface area contributed by atoms with E-state index in [9.17, 15) is 14.9 Å². The van der Waals surface area contributed by atoms with E-state index < -0.39 is 11.9 Å². The molecule has 5 heteroatoms. The Labute approximate surface area is 159 Å². The number of nitrogens with zero attached hydrogens (tertiary/aromatic N) is 1. The first-order chi connectivity index (χ1) is 12.9. The van der Waals surface area contributed by atoms with Crippen molar-refractivity contribution in [3.05, 3.63) is 59.7 Å². The molecule has 27 heavy (non-hydrogen) atoms. The molecule has 2 aromatic rings. The van der Waals surface area contributed by atoms with Crippen LogP contribution < -0.4 is 11.1 Å². The lowest BCUT2D eigenvalue weighted by molar-refractivity contribution is -0.119. The van der Waals surface area contributed by atoms with E-state index in [1.165, 1.54) is 0 Å². The molecule has 1 saturated carbocycles. The molecule has 0 bridgehead atoms. The zero-order valence-corrected chi connectivity index (χ0v) is 15.4. The van der Waals surface area contributed by atoms with E-state index in [-0.39, 0.29) is 11.3 Å². The van der Waals surface area contributed by atoms with Crippen molar-refractivity contribution >= 4 is 11.8 Å². The van der Waals surface area contributed by atoms with E-state index in [1.54, 1.807) is 25.1 Å². The maximum atomic E-state index is 12.3. The van der Waals surface area contributed by atoms with Gasteiger partial charge in [0.25, 0.3) is 5.91 Å². The first-order valence-corrected chi connectivity index (χ1v) is 9.18. The fourth-order valence-electron chi connectivity index (χ4n) is 3.62. The first-order valence-electron chi connectivity index (χ1n) is 9.18. The highest BCUT2D eigenvalue weighted by Crippen LogP contribution is 2.41. The lowest BCUT2D eigenvalue weighted by Crippen LogP contribution is -2.42. The number of primary amides is 1. The van der Waals surface area contributed by atoms with E-state index in [0.29, 0.717) is 5.56 Å². The molecule has 3 rings (SSSR count). The third kappa shape index (κ3) is 3.85. The van der Waals surface area contributed by atoms with Crippen LogP contribution in [-0.4, -0.2) is 17.9 Å². The molecule has 0 spiro atoms. The third-order valence-electron chi connectivity index (χ3n) is 5.34. The zero-order valence-electron chi connectivity index (χ0n) is 15.4. The summed E-state index contributed by atoms with van der Waals surface area (Å²) >= 11 is 0. The molecule has 2 aromatic carbocycles. The van der Waals surface area contributed by atoms with Crippen LogP contribution in [-0.2, 0) is 10.2 Å². The van der Waals surface area contributed by atoms with Crippen LogP contribution in [0.3, 0.4) is 0 Å². The van der Waals surface area contributed by atoms with Crippen LogP contribution in [0.5, 0.6) is 0 Å². The van der Waals surface area contributed by atoms with Crippen LogP contribution in [0.4, 0.5) is 0 Å². The fraction of sp³-hybridized carbons (Fsp3) is 0.318. The molecule has 1 aliphatic carbocycles. The summed E-state index contributed by atoms with van der Waals surface area (Å²) in [5, 5.41) is 12.2. The number of nitrogens with two attached hydrogens (primary N) is 1. The largest absolute Gasteiger partial charge is 0.368 e. The van der Waals surface area contributed by atoms with E-state index in [4.69, 9.17) is 5.73 Å². The molecular weight excluding hydrogens is 338 g/mol. The molecule has 0 radical (unpaired) electrons. The monoisotopic (exact) mass is 361 g/mol. The van der Waals surface area contributed by atoms with Gasteiger partial charge in [-0.05, 0) is 48.6 Å². The van der Waals surface area contributed by atoms with Crippen molar-refractivity contribution in [3.63, 3.8) is 0 Å². The molecule has 0 saturated heterocycles. The second-order valence-electron chi connectivity index (χ2n) is 7.16. The van der Waals surface area contributed by atoms with E-state index in [2.05, 4.69) is 11.4 Å². The van der Waals surface area contributed by atoms with Crippen molar-refractivity contribution in [3.8, 4) is 17.2 Å². The number of benzene rings is 2. The Bertz CT molecular complexity index is 891. The molecule has 2 amide bonds. The number of nitrogens with one attached hydrogen (secondary N) is 1. The Hall–Kier alpha value is -3.13. The number of carbonyl (C=O) groups excluding carboxylic acids is 2. The minimum atomic E-state index is -0.728. The summed E-state index contributed by atoms with van der Waals surface area (Å²) in [7, 11) is 0. The van der Waals surface area contributed by atoms with Gasteiger partial charge >= 0.3 is 0 Å². The number of nitriles is 1. The van der Waals surface area contributed by atoms with Gasteiger partial charge in [-0.15, -0.1) is 0 Å². The minimum Gasteiger partial charge on any atom is -0.368 e. The van der Waals surface area contributed by atoms with Gasteiger partial charge in [0.1, 0.15) is 6.04 Å². The SMILES string of the molecule is CC(NC(=O)c1cccc(-c2ccc(C3(C#N)CCCC3)cc2)c1)C(N)=O. The summed E-state index contributed by atoms with van der Waals surface area (Å²) in [5.41, 5.74) is 8.25. The van der Waals surface area contributed by atoms with Crippen LogP contribution in [0, 0.1) is 11.3 Å². The van der Waals surface area contributed by atoms with Crippen LogP contribution in [0.1, 0.15) is 48.5 Å². The van der Waals surface area contributed by atoms with E-state index in [0.717, 1.165) is 42.4 Å². The van der Waals surface area contributed by atoms with Gasteiger partial charge in [0.15, 0.2) is 0 Å². The predicted octanol–water partition coefficient (Wildman–Crippen LogP) is 3.29. The zero-order chi connectivity index (χ0) is 19.4. The van der Waals surface area contributed by atoms with E-state index >= 15 is 0 Å². The topological polar surface area (TPSA) is 96.0 Å². The van der Waals surface area contributed by atoms with Crippen molar-refractivity contribution < 1.29 is 9.59 Å². The van der Waals surface area contributed by atoms with Crippen molar-refractivity contribution in [2.24, 2.45) is 5.73 Å². The summed E-state index contributed by atoms with van der Waals surface area (Å²) in [6.07, 6.45) is 4.01. The lowest BCUT2D eigenvalue weighted by Gasteiger charge is -2.21. The smallest absolute Gasteiger partial charge is 0.251 e. The first kappa shape index (κ1) is 18.7. The van der Waals surface area contributed by atoms with Crippen LogP contribution in [0.15, 0.2) is 48.5 Å². The molecule has 3 N–H and O–H groups in total. The Balaban J connectivity index is 1.82. The van der Waals surface area contributed by atoms with Crippen molar-refractivity contribution in [2.75, 3.05) is 0 Å². The molecule has 1 atom stereocenters. The van der Waals surface area contributed by atoms with Gasteiger partial charge in [-0.3, -0.25) is 9.59 Å². The highest BCUT2D eigenvalue weighted by Gasteiger charge is 2.35. The fourth-order valence-corrected chi connectivity index (χ4v) is 3.62. The minimum absolute atomic E-state index is 0.339. The summed E-state index contributed by atoms with van der Waals surface area (Å²) in [4.78, 5) is 23.4. The second-order valence-corrected chi connectivity index (χ2v) is 7.16. The van der Waals surface area contributed by atoms with Gasteiger partial charge in [0.05, 0.1) is 11.5 Å². The predicted molar refractivity (Wildman–Crippen MR) is 104 cm³/mol. The highest BCUT2D eigenvalue weighted by molar-refractivity contribution is 5.98. The molecule has 0 aliphatic heterocycles. The van der Waals surface area contributed by atoms with E-state index in [1.807, 2.05) is 30.3 Å². The summed E-state index contributed by atoms with van der Waals surface area (Å²) in [6, 6.07) is 17.0. The van der Waals surface area contributed by atoms with Crippen molar-refractivity contribution in [1.29, 1.82) is 5.26 Å². The number of amides is 2. The van der Waals surface area contributed by atoms with Gasteiger partial charge < -0.3 is 11.1 Å². The van der Waals surface area contributed by atoms with Crippen molar-refractivity contribution in [2.45, 2.75) is 44.1 Å². The van der Waals surface area contributed by atoms with Gasteiger partial charge in [0.2, 0.25) is 5.91 Å². The summed E-state index contributed by atoms with van der Waals surface area (Å²) in [6.45, 7) is 1.55. The average Bonchev–Trinajstić information content (AvgIpc) is 3.18. The normalized spacial score (nSPS) is 16.3. The molecule has 0 aromatic heterocycles. The van der Waals surface area contributed by atoms with Gasteiger partial charge in [-0.25, -0.2) is 0 Å². The molecule has 1 aliphatic rings. The molecular formula is C22H23N3O2. The van der Waals surface area contributed by atoms with Crippen LogP contribution in [0.25, 0.3) is 11.1 Å². The average molecular weight is 361 g/mol. The standard InChI is InChI=1S/C22H23N3O2/c1-15(20(24)26)25-21(27)18-6-4-5-17(13-18)16-7-9-19(10-8-16)22(14-23)11-2-3-12-22/h4-10,13,15H,2-3,11-12H2,1H3,(H2,24,26)(H,25,27).